The third kappa shape index (κ3) is 2.22. The zero-order valence-electron chi connectivity index (χ0n) is 10.3. The fraction of sp³-hybridized carbons (Fsp3) is 1.00. The third-order valence-corrected chi connectivity index (χ3v) is 4.93. The summed E-state index contributed by atoms with van der Waals surface area (Å²) < 4.78 is 0. The summed E-state index contributed by atoms with van der Waals surface area (Å²) in [6, 6.07) is 0. The lowest BCUT2D eigenvalue weighted by atomic mass is 9.63. The number of aliphatic hydroxyl groups is 1. The van der Waals surface area contributed by atoms with E-state index in [1.807, 2.05) is 0 Å². The van der Waals surface area contributed by atoms with E-state index in [2.05, 4.69) is 13.8 Å². The Hall–Kier alpha value is -0.0400. The summed E-state index contributed by atoms with van der Waals surface area (Å²) >= 11 is 0. The van der Waals surface area contributed by atoms with Crippen LogP contribution in [0.15, 0.2) is 0 Å². The second-order valence-electron chi connectivity index (χ2n) is 6.11. The Bertz CT molecular complexity index is 207. The van der Waals surface area contributed by atoms with Gasteiger partial charge >= 0.3 is 0 Å². The van der Waals surface area contributed by atoms with Crippen LogP contribution in [-0.4, -0.2) is 10.7 Å². The molecule has 0 aliphatic heterocycles. The van der Waals surface area contributed by atoms with Gasteiger partial charge in [-0.3, -0.25) is 0 Å². The van der Waals surface area contributed by atoms with Gasteiger partial charge in [-0.2, -0.15) is 0 Å². The van der Waals surface area contributed by atoms with E-state index in [1.54, 1.807) is 0 Å². The molecule has 0 aromatic rings. The molecule has 2 rings (SSSR count). The average molecular weight is 210 g/mol. The monoisotopic (exact) mass is 210 g/mol. The Morgan fingerprint density at radius 3 is 2.27 bits per heavy atom. The van der Waals surface area contributed by atoms with E-state index in [4.69, 9.17) is 0 Å². The van der Waals surface area contributed by atoms with Crippen LogP contribution in [-0.2, 0) is 0 Å². The summed E-state index contributed by atoms with van der Waals surface area (Å²) in [5.74, 6) is 1.86. The molecule has 0 radical (unpaired) electrons. The first-order valence-electron chi connectivity index (χ1n) is 6.85. The van der Waals surface area contributed by atoms with Crippen LogP contribution in [0, 0.1) is 17.8 Å². The van der Waals surface area contributed by atoms with Gasteiger partial charge in [-0.05, 0) is 43.4 Å². The number of rotatable bonds is 1. The summed E-state index contributed by atoms with van der Waals surface area (Å²) in [6.45, 7) is 4.57. The fourth-order valence-electron chi connectivity index (χ4n) is 3.82. The molecule has 3 unspecified atom stereocenters. The maximum absolute atomic E-state index is 10.9. The number of hydrogen-bond acceptors (Lipinski definition) is 1. The zero-order chi connectivity index (χ0) is 10.9. The van der Waals surface area contributed by atoms with Crippen molar-refractivity contribution in [3.8, 4) is 0 Å². The Kier molecular flexibility index (Phi) is 3.39. The van der Waals surface area contributed by atoms with E-state index in [9.17, 15) is 5.11 Å². The summed E-state index contributed by atoms with van der Waals surface area (Å²) in [5, 5.41) is 10.9. The van der Waals surface area contributed by atoms with Crippen molar-refractivity contribution in [1.82, 2.24) is 0 Å². The standard InChI is InChI=1S/C14H26O/c1-11-8-9-12(2)14(15,10-11)13-6-4-3-5-7-13/h11-13,15H,3-10H2,1-2H3. The minimum Gasteiger partial charge on any atom is -0.389 e. The van der Waals surface area contributed by atoms with Crippen LogP contribution in [0.4, 0.5) is 0 Å². The molecule has 2 saturated carbocycles. The van der Waals surface area contributed by atoms with Crippen LogP contribution in [0.1, 0.15) is 65.2 Å². The molecular formula is C14H26O. The van der Waals surface area contributed by atoms with Crippen molar-refractivity contribution < 1.29 is 5.11 Å². The summed E-state index contributed by atoms with van der Waals surface area (Å²) in [5.41, 5.74) is -0.321. The Balaban J connectivity index is 2.07. The lowest BCUT2D eigenvalue weighted by Gasteiger charge is -2.47. The van der Waals surface area contributed by atoms with Crippen LogP contribution >= 0.6 is 0 Å². The Morgan fingerprint density at radius 2 is 1.60 bits per heavy atom. The molecular weight excluding hydrogens is 184 g/mol. The van der Waals surface area contributed by atoms with Crippen LogP contribution < -0.4 is 0 Å². The molecule has 0 aromatic carbocycles. The Morgan fingerprint density at radius 1 is 0.933 bits per heavy atom. The minimum atomic E-state index is -0.321. The van der Waals surface area contributed by atoms with Gasteiger partial charge in [0, 0.05) is 0 Å². The normalized spacial score (nSPS) is 44.2. The highest BCUT2D eigenvalue weighted by Gasteiger charge is 2.44. The quantitative estimate of drug-likeness (QED) is 0.699. The minimum absolute atomic E-state index is 0.321. The molecule has 1 nitrogen and oxygen atoms in total. The topological polar surface area (TPSA) is 20.2 Å². The van der Waals surface area contributed by atoms with Gasteiger partial charge < -0.3 is 5.11 Å². The second-order valence-corrected chi connectivity index (χ2v) is 6.11. The first-order chi connectivity index (χ1) is 7.13. The van der Waals surface area contributed by atoms with Crippen molar-refractivity contribution in [2.24, 2.45) is 17.8 Å². The van der Waals surface area contributed by atoms with Gasteiger partial charge in [0.25, 0.3) is 0 Å². The zero-order valence-corrected chi connectivity index (χ0v) is 10.3. The fourth-order valence-corrected chi connectivity index (χ4v) is 3.82. The highest BCUT2D eigenvalue weighted by Crippen LogP contribution is 2.46. The van der Waals surface area contributed by atoms with Gasteiger partial charge in [0.2, 0.25) is 0 Å². The van der Waals surface area contributed by atoms with Crippen molar-refractivity contribution in [2.75, 3.05) is 0 Å². The van der Waals surface area contributed by atoms with Crippen molar-refractivity contribution >= 4 is 0 Å². The molecule has 15 heavy (non-hydrogen) atoms. The molecule has 1 N–H and O–H groups in total. The third-order valence-electron chi connectivity index (χ3n) is 4.93. The molecule has 2 aliphatic rings. The van der Waals surface area contributed by atoms with Crippen LogP contribution in [0.3, 0.4) is 0 Å². The van der Waals surface area contributed by atoms with E-state index in [-0.39, 0.29) is 5.60 Å². The van der Waals surface area contributed by atoms with Crippen molar-refractivity contribution in [1.29, 1.82) is 0 Å². The summed E-state index contributed by atoms with van der Waals surface area (Å²) in [4.78, 5) is 0. The lowest BCUT2D eigenvalue weighted by molar-refractivity contribution is -0.111. The molecule has 0 saturated heterocycles. The van der Waals surface area contributed by atoms with Gasteiger partial charge in [0.05, 0.1) is 5.60 Å². The van der Waals surface area contributed by atoms with Crippen molar-refractivity contribution in [3.63, 3.8) is 0 Å². The lowest BCUT2D eigenvalue weighted by Crippen LogP contribution is -2.48. The van der Waals surface area contributed by atoms with Crippen LogP contribution in [0.25, 0.3) is 0 Å². The molecule has 0 spiro atoms. The van der Waals surface area contributed by atoms with Gasteiger partial charge in [-0.25, -0.2) is 0 Å². The molecule has 2 fully saturated rings. The van der Waals surface area contributed by atoms with Gasteiger partial charge in [0.1, 0.15) is 0 Å². The van der Waals surface area contributed by atoms with Crippen LogP contribution in [0.2, 0.25) is 0 Å². The van der Waals surface area contributed by atoms with Crippen molar-refractivity contribution in [2.45, 2.75) is 70.8 Å². The van der Waals surface area contributed by atoms with E-state index in [1.165, 1.54) is 44.9 Å². The van der Waals surface area contributed by atoms with Crippen molar-refractivity contribution in [3.05, 3.63) is 0 Å². The molecule has 0 amide bonds. The first-order valence-corrected chi connectivity index (χ1v) is 6.85. The molecule has 0 aromatic heterocycles. The molecule has 0 bridgehead atoms. The highest BCUT2D eigenvalue weighted by atomic mass is 16.3. The van der Waals surface area contributed by atoms with E-state index in [0.717, 1.165) is 12.3 Å². The first kappa shape index (κ1) is 11.4. The Labute approximate surface area is 94.3 Å². The van der Waals surface area contributed by atoms with Crippen LogP contribution in [0.5, 0.6) is 0 Å². The second kappa shape index (κ2) is 4.45. The molecule has 0 heterocycles. The maximum atomic E-state index is 10.9. The predicted octanol–water partition coefficient (Wildman–Crippen LogP) is 3.75. The highest BCUT2D eigenvalue weighted by molar-refractivity contribution is 4.96. The largest absolute Gasteiger partial charge is 0.389 e. The summed E-state index contributed by atoms with van der Waals surface area (Å²) in [7, 11) is 0. The smallest absolute Gasteiger partial charge is 0.0703 e. The van der Waals surface area contributed by atoms with Gasteiger partial charge in [-0.1, -0.05) is 39.5 Å². The van der Waals surface area contributed by atoms with Gasteiger partial charge in [0.15, 0.2) is 0 Å². The predicted molar refractivity (Wildman–Crippen MR) is 63.7 cm³/mol. The van der Waals surface area contributed by atoms with E-state index < -0.39 is 0 Å². The average Bonchev–Trinajstić information content (AvgIpc) is 2.25. The SMILES string of the molecule is CC1CCC(C)C(O)(C2CCCCC2)C1. The molecule has 88 valence electrons. The summed E-state index contributed by atoms with van der Waals surface area (Å²) in [6.07, 6.45) is 10.2. The van der Waals surface area contributed by atoms with E-state index in [0.29, 0.717) is 11.8 Å². The molecule has 3 atom stereocenters. The number of hydrogen-bond donors (Lipinski definition) is 1. The van der Waals surface area contributed by atoms with Gasteiger partial charge in [-0.15, -0.1) is 0 Å². The molecule has 2 aliphatic carbocycles. The maximum Gasteiger partial charge on any atom is 0.0703 e. The molecule has 1 heteroatoms. The van der Waals surface area contributed by atoms with E-state index >= 15 is 0 Å².